The summed E-state index contributed by atoms with van der Waals surface area (Å²) in [5.41, 5.74) is 1.19. The third-order valence-electron chi connectivity index (χ3n) is 2.72. The molecule has 2 N–H and O–H groups in total. The normalized spacial score (nSPS) is 9.86. The second-order valence-electron chi connectivity index (χ2n) is 4.43. The number of nitrogens with zero attached hydrogens (tertiary/aromatic N) is 2. The first-order valence-corrected chi connectivity index (χ1v) is 6.66. The minimum Gasteiger partial charge on any atom is -0.317 e. The van der Waals surface area contributed by atoms with Crippen LogP contribution in [0.15, 0.2) is 42.6 Å². The molecule has 0 aliphatic carbocycles. The van der Waals surface area contributed by atoms with Gasteiger partial charge in [-0.2, -0.15) is 0 Å². The SMILES string of the molecule is Cc1ccnc(NC(=S)NC(=O)c2ccc([N+](=O)[O-])cc2)c1. The molecule has 2 rings (SSSR count). The van der Waals surface area contributed by atoms with Crippen LogP contribution < -0.4 is 10.6 Å². The number of thiocarbonyl (C=S) groups is 1. The number of aromatic nitrogens is 1. The summed E-state index contributed by atoms with van der Waals surface area (Å²) in [7, 11) is 0. The van der Waals surface area contributed by atoms with E-state index in [0.29, 0.717) is 5.82 Å². The zero-order chi connectivity index (χ0) is 16.1. The van der Waals surface area contributed by atoms with Crippen LogP contribution in [0.1, 0.15) is 15.9 Å². The van der Waals surface area contributed by atoms with Gasteiger partial charge in [0.1, 0.15) is 5.82 Å². The van der Waals surface area contributed by atoms with Gasteiger partial charge < -0.3 is 5.32 Å². The molecule has 0 aliphatic heterocycles. The molecule has 1 aromatic carbocycles. The summed E-state index contributed by atoms with van der Waals surface area (Å²) in [6.45, 7) is 1.91. The van der Waals surface area contributed by atoms with E-state index in [-0.39, 0.29) is 16.4 Å². The molecule has 8 heteroatoms. The summed E-state index contributed by atoms with van der Waals surface area (Å²) in [5.74, 6) is 0.0639. The Morgan fingerprint density at radius 1 is 1.27 bits per heavy atom. The lowest BCUT2D eigenvalue weighted by atomic mass is 10.2. The van der Waals surface area contributed by atoms with Gasteiger partial charge in [-0.1, -0.05) is 0 Å². The van der Waals surface area contributed by atoms with Crippen LogP contribution in [0.2, 0.25) is 0 Å². The molecule has 1 heterocycles. The van der Waals surface area contributed by atoms with Crippen molar-refractivity contribution >= 4 is 34.7 Å². The molecular weight excluding hydrogens is 304 g/mol. The Bertz CT molecular complexity index is 731. The van der Waals surface area contributed by atoms with Crippen molar-refractivity contribution in [2.45, 2.75) is 6.92 Å². The second-order valence-corrected chi connectivity index (χ2v) is 4.84. The zero-order valence-electron chi connectivity index (χ0n) is 11.6. The summed E-state index contributed by atoms with van der Waals surface area (Å²) in [5, 5.41) is 15.9. The third-order valence-corrected chi connectivity index (χ3v) is 2.93. The predicted molar refractivity (Wildman–Crippen MR) is 85.8 cm³/mol. The molecule has 0 spiro atoms. The van der Waals surface area contributed by atoms with Crippen LogP contribution in [0.5, 0.6) is 0 Å². The largest absolute Gasteiger partial charge is 0.317 e. The highest BCUT2D eigenvalue weighted by Gasteiger charge is 2.11. The summed E-state index contributed by atoms with van der Waals surface area (Å²) in [6, 6.07) is 8.86. The Labute approximate surface area is 131 Å². The van der Waals surface area contributed by atoms with Gasteiger partial charge in [0, 0.05) is 23.9 Å². The van der Waals surface area contributed by atoms with E-state index in [2.05, 4.69) is 15.6 Å². The average Bonchev–Trinajstić information content (AvgIpc) is 2.47. The van der Waals surface area contributed by atoms with Crippen molar-refractivity contribution in [1.29, 1.82) is 0 Å². The molecule has 0 unspecified atom stereocenters. The van der Waals surface area contributed by atoms with E-state index in [0.717, 1.165) is 5.56 Å². The van der Waals surface area contributed by atoms with Gasteiger partial charge in [0.05, 0.1) is 4.92 Å². The molecule has 7 nitrogen and oxygen atoms in total. The molecule has 0 saturated heterocycles. The number of nitrogens with one attached hydrogen (secondary N) is 2. The van der Waals surface area contributed by atoms with Crippen LogP contribution >= 0.6 is 12.2 Å². The first-order valence-electron chi connectivity index (χ1n) is 6.25. The summed E-state index contributed by atoms with van der Waals surface area (Å²) in [6.07, 6.45) is 1.62. The number of non-ortho nitro benzene ring substituents is 1. The number of carbonyl (C=O) groups excluding carboxylic acids is 1. The number of benzene rings is 1. The summed E-state index contributed by atoms with van der Waals surface area (Å²) in [4.78, 5) is 26.1. The molecular formula is C14H12N4O3S. The molecule has 0 fully saturated rings. The van der Waals surface area contributed by atoms with Gasteiger partial charge in [-0.15, -0.1) is 0 Å². The minimum absolute atomic E-state index is 0.0822. The van der Waals surface area contributed by atoms with E-state index in [1.165, 1.54) is 24.3 Å². The van der Waals surface area contributed by atoms with Gasteiger partial charge in [0.25, 0.3) is 11.6 Å². The molecule has 0 bridgehead atoms. The predicted octanol–water partition coefficient (Wildman–Crippen LogP) is 2.43. The highest BCUT2D eigenvalue weighted by Crippen LogP contribution is 2.12. The van der Waals surface area contributed by atoms with Crippen molar-refractivity contribution in [3.8, 4) is 0 Å². The standard InChI is InChI=1S/C14H12N4O3S/c1-9-6-7-15-12(8-9)16-14(22)17-13(19)10-2-4-11(5-3-10)18(20)21/h2-8H,1H3,(H2,15,16,17,19,22). The summed E-state index contributed by atoms with van der Waals surface area (Å²) < 4.78 is 0. The molecule has 2 aromatic rings. The maximum absolute atomic E-state index is 12.0. The number of nitro groups is 1. The van der Waals surface area contributed by atoms with Crippen LogP contribution in [-0.4, -0.2) is 20.9 Å². The van der Waals surface area contributed by atoms with Crippen molar-refractivity contribution in [1.82, 2.24) is 10.3 Å². The zero-order valence-corrected chi connectivity index (χ0v) is 12.4. The molecule has 0 aliphatic rings. The number of nitro benzene ring substituents is 1. The van der Waals surface area contributed by atoms with Crippen LogP contribution in [0.25, 0.3) is 0 Å². The average molecular weight is 316 g/mol. The van der Waals surface area contributed by atoms with Gasteiger partial charge in [-0.25, -0.2) is 4.98 Å². The van der Waals surface area contributed by atoms with Crippen LogP contribution in [0.3, 0.4) is 0 Å². The van der Waals surface area contributed by atoms with Gasteiger partial charge >= 0.3 is 0 Å². The number of anilines is 1. The van der Waals surface area contributed by atoms with Crippen molar-refractivity contribution in [3.63, 3.8) is 0 Å². The van der Waals surface area contributed by atoms with E-state index in [1.54, 1.807) is 12.3 Å². The third kappa shape index (κ3) is 4.06. The monoisotopic (exact) mass is 316 g/mol. The van der Waals surface area contributed by atoms with Gasteiger partial charge in [0.2, 0.25) is 0 Å². The van der Waals surface area contributed by atoms with Crippen molar-refractivity contribution < 1.29 is 9.72 Å². The molecule has 112 valence electrons. The van der Waals surface area contributed by atoms with Crippen molar-refractivity contribution in [3.05, 3.63) is 63.8 Å². The molecule has 1 amide bonds. The Balaban J connectivity index is 1.99. The number of amides is 1. The number of rotatable bonds is 3. The Kier molecular flexibility index (Phi) is 4.74. The topological polar surface area (TPSA) is 97.2 Å². The molecule has 0 radical (unpaired) electrons. The lowest BCUT2D eigenvalue weighted by Crippen LogP contribution is -2.34. The summed E-state index contributed by atoms with van der Waals surface area (Å²) >= 11 is 5.03. The van der Waals surface area contributed by atoms with Crippen LogP contribution in [0.4, 0.5) is 11.5 Å². The number of carbonyl (C=O) groups is 1. The molecule has 1 aromatic heterocycles. The Morgan fingerprint density at radius 3 is 2.55 bits per heavy atom. The quantitative estimate of drug-likeness (QED) is 0.513. The fourth-order valence-corrected chi connectivity index (χ4v) is 1.86. The number of hydrogen-bond acceptors (Lipinski definition) is 5. The highest BCUT2D eigenvalue weighted by molar-refractivity contribution is 7.80. The van der Waals surface area contributed by atoms with Gasteiger partial charge in [-0.3, -0.25) is 20.2 Å². The van der Waals surface area contributed by atoms with Crippen molar-refractivity contribution in [2.24, 2.45) is 0 Å². The highest BCUT2D eigenvalue weighted by atomic mass is 32.1. The minimum atomic E-state index is -0.530. The second kappa shape index (κ2) is 6.72. The fraction of sp³-hybridized carbons (Fsp3) is 0.0714. The van der Waals surface area contributed by atoms with Crippen LogP contribution in [-0.2, 0) is 0 Å². The lowest BCUT2D eigenvalue weighted by molar-refractivity contribution is -0.384. The molecule has 0 atom stereocenters. The van der Waals surface area contributed by atoms with E-state index >= 15 is 0 Å². The molecule has 22 heavy (non-hydrogen) atoms. The van der Waals surface area contributed by atoms with Gasteiger partial charge in [0.15, 0.2) is 5.11 Å². The van der Waals surface area contributed by atoms with Crippen LogP contribution in [0, 0.1) is 17.0 Å². The lowest BCUT2D eigenvalue weighted by Gasteiger charge is -2.09. The number of hydrogen-bond donors (Lipinski definition) is 2. The first-order chi connectivity index (χ1) is 10.5. The number of pyridine rings is 1. The number of aryl methyl sites for hydroxylation is 1. The maximum Gasteiger partial charge on any atom is 0.269 e. The van der Waals surface area contributed by atoms with Crippen molar-refractivity contribution in [2.75, 3.05) is 5.32 Å². The Hall–Kier alpha value is -2.87. The Morgan fingerprint density at radius 2 is 1.95 bits per heavy atom. The van der Waals surface area contributed by atoms with E-state index in [1.807, 2.05) is 13.0 Å². The van der Waals surface area contributed by atoms with E-state index < -0.39 is 10.8 Å². The smallest absolute Gasteiger partial charge is 0.269 e. The fourth-order valence-electron chi connectivity index (χ4n) is 1.66. The van der Waals surface area contributed by atoms with E-state index in [9.17, 15) is 14.9 Å². The maximum atomic E-state index is 12.0. The van der Waals surface area contributed by atoms with E-state index in [4.69, 9.17) is 12.2 Å². The molecule has 0 saturated carbocycles. The first kappa shape index (κ1) is 15.5. The van der Waals surface area contributed by atoms with Gasteiger partial charge in [-0.05, 0) is 49.0 Å².